The molecule has 1 heterocycles. The second kappa shape index (κ2) is 6.48. The summed E-state index contributed by atoms with van der Waals surface area (Å²) in [6, 6.07) is 2.06. The average molecular weight is 222 g/mol. The summed E-state index contributed by atoms with van der Waals surface area (Å²) in [7, 11) is 0. The van der Waals surface area contributed by atoms with Crippen LogP contribution in [0.4, 0.5) is 5.69 Å². The molecule has 0 aliphatic rings. The summed E-state index contributed by atoms with van der Waals surface area (Å²) < 4.78 is 0. The highest BCUT2D eigenvalue weighted by Crippen LogP contribution is 2.21. The molecule has 0 atom stereocenters. The molecule has 0 amide bonds. The first-order valence-corrected chi connectivity index (χ1v) is 6.04. The SMILES string of the molecule is CCCCN(CC)c1cc(C)ncc1CO. The van der Waals surface area contributed by atoms with Gasteiger partial charge in [0.15, 0.2) is 0 Å². The molecule has 0 radical (unpaired) electrons. The Kier molecular flexibility index (Phi) is 5.26. The van der Waals surface area contributed by atoms with Crippen molar-refractivity contribution >= 4 is 5.69 Å². The van der Waals surface area contributed by atoms with E-state index in [9.17, 15) is 5.11 Å². The Bertz CT molecular complexity index is 326. The van der Waals surface area contributed by atoms with Crippen molar-refractivity contribution in [2.24, 2.45) is 0 Å². The fraction of sp³-hybridized carbons (Fsp3) is 0.615. The topological polar surface area (TPSA) is 36.4 Å². The van der Waals surface area contributed by atoms with E-state index in [1.54, 1.807) is 6.20 Å². The Labute approximate surface area is 98.1 Å². The van der Waals surface area contributed by atoms with Crippen LogP contribution in [0.2, 0.25) is 0 Å². The molecule has 0 spiro atoms. The van der Waals surface area contributed by atoms with Gasteiger partial charge in [0.05, 0.1) is 6.61 Å². The fourth-order valence-corrected chi connectivity index (χ4v) is 1.79. The Morgan fingerprint density at radius 3 is 2.69 bits per heavy atom. The monoisotopic (exact) mass is 222 g/mol. The number of rotatable bonds is 6. The first-order valence-electron chi connectivity index (χ1n) is 6.04. The van der Waals surface area contributed by atoms with Crippen molar-refractivity contribution in [1.29, 1.82) is 0 Å². The van der Waals surface area contributed by atoms with Gasteiger partial charge in [0.2, 0.25) is 0 Å². The van der Waals surface area contributed by atoms with E-state index in [0.717, 1.165) is 30.0 Å². The van der Waals surface area contributed by atoms with E-state index >= 15 is 0 Å². The van der Waals surface area contributed by atoms with Crippen LogP contribution in [0.15, 0.2) is 12.3 Å². The Morgan fingerprint density at radius 2 is 2.12 bits per heavy atom. The molecule has 1 aromatic rings. The molecule has 0 fully saturated rings. The predicted molar refractivity (Wildman–Crippen MR) is 67.7 cm³/mol. The molecular weight excluding hydrogens is 200 g/mol. The number of anilines is 1. The molecule has 1 N–H and O–H groups in total. The van der Waals surface area contributed by atoms with E-state index in [1.807, 2.05) is 6.92 Å². The van der Waals surface area contributed by atoms with E-state index in [4.69, 9.17) is 0 Å². The van der Waals surface area contributed by atoms with Crippen LogP contribution in [-0.2, 0) is 6.61 Å². The van der Waals surface area contributed by atoms with Crippen molar-refractivity contribution in [2.75, 3.05) is 18.0 Å². The highest BCUT2D eigenvalue weighted by atomic mass is 16.3. The van der Waals surface area contributed by atoms with Gasteiger partial charge in [0.25, 0.3) is 0 Å². The van der Waals surface area contributed by atoms with Crippen molar-refractivity contribution in [2.45, 2.75) is 40.2 Å². The number of hydrogen-bond donors (Lipinski definition) is 1. The van der Waals surface area contributed by atoms with Gasteiger partial charge in [-0.05, 0) is 26.3 Å². The maximum atomic E-state index is 9.31. The Hall–Kier alpha value is -1.09. The van der Waals surface area contributed by atoms with Gasteiger partial charge in [-0.2, -0.15) is 0 Å². The van der Waals surface area contributed by atoms with Crippen molar-refractivity contribution in [1.82, 2.24) is 4.98 Å². The lowest BCUT2D eigenvalue weighted by Gasteiger charge is -2.25. The van der Waals surface area contributed by atoms with E-state index < -0.39 is 0 Å². The van der Waals surface area contributed by atoms with Crippen LogP contribution in [0.5, 0.6) is 0 Å². The van der Waals surface area contributed by atoms with E-state index in [-0.39, 0.29) is 6.61 Å². The van der Waals surface area contributed by atoms with Gasteiger partial charge in [0.1, 0.15) is 0 Å². The number of nitrogens with zero attached hydrogens (tertiary/aromatic N) is 2. The van der Waals surface area contributed by atoms with Crippen LogP contribution in [0.3, 0.4) is 0 Å². The smallest absolute Gasteiger partial charge is 0.0717 e. The second-order valence-electron chi connectivity index (χ2n) is 4.05. The molecule has 0 bridgehead atoms. The first-order chi connectivity index (χ1) is 7.72. The molecule has 0 aliphatic heterocycles. The zero-order chi connectivity index (χ0) is 12.0. The molecule has 0 aliphatic carbocycles. The molecule has 0 saturated carbocycles. The summed E-state index contributed by atoms with van der Waals surface area (Å²) in [6.07, 6.45) is 4.15. The third kappa shape index (κ3) is 3.20. The van der Waals surface area contributed by atoms with Crippen molar-refractivity contribution in [3.05, 3.63) is 23.5 Å². The lowest BCUT2D eigenvalue weighted by Crippen LogP contribution is -2.25. The number of aromatic nitrogens is 1. The minimum atomic E-state index is 0.0608. The summed E-state index contributed by atoms with van der Waals surface area (Å²) in [5, 5.41) is 9.31. The number of aliphatic hydroxyl groups is 1. The highest BCUT2D eigenvalue weighted by Gasteiger charge is 2.09. The molecule has 16 heavy (non-hydrogen) atoms. The third-order valence-corrected chi connectivity index (χ3v) is 2.77. The summed E-state index contributed by atoms with van der Waals surface area (Å²) in [6.45, 7) is 8.40. The van der Waals surface area contributed by atoms with Gasteiger partial charge in [0, 0.05) is 36.2 Å². The lowest BCUT2D eigenvalue weighted by atomic mass is 10.2. The fourth-order valence-electron chi connectivity index (χ4n) is 1.79. The van der Waals surface area contributed by atoms with Crippen molar-refractivity contribution in [3.63, 3.8) is 0 Å². The maximum Gasteiger partial charge on any atom is 0.0717 e. The minimum absolute atomic E-state index is 0.0608. The van der Waals surface area contributed by atoms with E-state index in [0.29, 0.717) is 0 Å². The van der Waals surface area contributed by atoms with Crippen molar-refractivity contribution in [3.8, 4) is 0 Å². The van der Waals surface area contributed by atoms with Crippen LogP contribution in [0.1, 0.15) is 37.9 Å². The molecule has 1 rings (SSSR count). The molecule has 3 nitrogen and oxygen atoms in total. The number of aryl methyl sites for hydroxylation is 1. The van der Waals surface area contributed by atoms with Crippen LogP contribution < -0.4 is 4.90 Å². The number of hydrogen-bond acceptors (Lipinski definition) is 3. The average Bonchev–Trinajstić information content (AvgIpc) is 2.30. The molecule has 1 aromatic heterocycles. The largest absolute Gasteiger partial charge is 0.392 e. The normalized spacial score (nSPS) is 10.5. The van der Waals surface area contributed by atoms with Gasteiger partial charge in [-0.25, -0.2) is 0 Å². The maximum absolute atomic E-state index is 9.31. The van der Waals surface area contributed by atoms with Crippen LogP contribution in [0, 0.1) is 6.92 Å². The number of unbranched alkanes of at least 4 members (excludes halogenated alkanes) is 1. The van der Waals surface area contributed by atoms with Crippen LogP contribution in [-0.4, -0.2) is 23.2 Å². The minimum Gasteiger partial charge on any atom is -0.392 e. The van der Waals surface area contributed by atoms with Crippen molar-refractivity contribution < 1.29 is 5.11 Å². The Balaban J connectivity index is 2.92. The summed E-state index contributed by atoms with van der Waals surface area (Å²) >= 11 is 0. The van der Waals surface area contributed by atoms with Gasteiger partial charge in [-0.1, -0.05) is 13.3 Å². The van der Waals surface area contributed by atoms with E-state index in [1.165, 1.54) is 12.8 Å². The van der Waals surface area contributed by atoms with Gasteiger partial charge in [-0.3, -0.25) is 4.98 Å². The molecule has 90 valence electrons. The summed E-state index contributed by atoms with van der Waals surface area (Å²) in [5.41, 5.74) is 3.05. The summed E-state index contributed by atoms with van der Waals surface area (Å²) in [5.74, 6) is 0. The van der Waals surface area contributed by atoms with Crippen LogP contribution >= 0.6 is 0 Å². The predicted octanol–water partition coefficient (Wildman–Crippen LogP) is 2.51. The zero-order valence-corrected chi connectivity index (χ0v) is 10.5. The highest BCUT2D eigenvalue weighted by molar-refractivity contribution is 5.53. The molecule has 0 saturated heterocycles. The Morgan fingerprint density at radius 1 is 1.38 bits per heavy atom. The number of pyridine rings is 1. The van der Waals surface area contributed by atoms with Gasteiger partial charge < -0.3 is 10.0 Å². The van der Waals surface area contributed by atoms with Crippen LogP contribution in [0.25, 0.3) is 0 Å². The molecule has 3 heteroatoms. The number of aliphatic hydroxyl groups excluding tert-OH is 1. The van der Waals surface area contributed by atoms with E-state index in [2.05, 4.69) is 29.8 Å². The molecular formula is C13H22N2O. The third-order valence-electron chi connectivity index (χ3n) is 2.77. The standard InChI is InChI=1S/C13H22N2O/c1-4-6-7-15(5-2)13-8-11(3)14-9-12(13)10-16/h8-9,16H,4-7,10H2,1-3H3. The summed E-state index contributed by atoms with van der Waals surface area (Å²) in [4.78, 5) is 6.53. The molecule has 0 aromatic carbocycles. The molecule has 0 unspecified atom stereocenters. The zero-order valence-electron chi connectivity index (χ0n) is 10.5. The first kappa shape index (κ1) is 13.0. The quantitative estimate of drug-likeness (QED) is 0.803. The van der Waals surface area contributed by atoms with Gasteiger partial charge >= 0.3 is 0 Å². The van der Waals surface area contributed by atoms with Gasteiger partial charge in [-0.15, -0.1) is 0 Å². The lowest BCUT2D eigenvalue weighted by molar-refractivity contribution is 0.281. The second-order valence-corrected chi connectivity index (χ2v) is 4.05.